The molecular formula is C12H20N2O. The van der Waals surface area contributed by atoms with Crippen LogP contribution in [-0.4, -0.2) is 19.7 Å². The zero-order valence-electron chi connectivity index (χ0n) is 9.49. The molecule has 0 radical (unpaired) electrons. The molecule has 0 spiro atoms. The molecule has 0 fully saturated rings. The van der Waals surface area contributed by atoms with Crippen LogP contribution in [0, 0.1) is 5.92 Å². The lowest BCUT2D eigenvalue weighted by Crippen LogP contribution is -2.24. The lowest BCUT2D eigenvalue weighted by Gasteiger charge is -2.09. The standard InChI is InChI=1S/C12H20N2O/c1-10(2)9-14-6-7-15-12-5-3-4-11(13)8-12/h3-5,8,10,14H,6-7,9,13H2,1-2H3. The Hall–Kier alpha value is -1.22. The zero-order valence-corrected chi connectivity index (χ0v) is 9.49. The number of rotatable bonds is 6. The van der Waals surface area contributed by atoms with E-state index in [9.17, 15) is 0 Å². The minimum absolute atomic E-state index is 0.677. The summed E-state index contributed by atoms with van der Waals surface area (Å²) in [5, 5.41) is 3.31. The van der Waals surface area contributed by atoms with Gasteiger partial charge in [-0.15, -0.1) is 0 Å². The number of nitrogens with one attached hydrogen (secondary N) is 1. The molecule has 0 unspecified atom stereocenters. The largest absolute Gasteiger partial charge is 0.492 e. The predicted molar refractivity (Wildman–Crippen MR) is 64.1 cm³/mol. The molecule has 0 saturated carbocycles. The topological polar surface area (TPSA) is 47.3 Å². The highest BCUT2D eigenvalue weighted by Crippen LogP contribution is 2.13. The third-order valence-corrected chi connectivity index (χ3v) is 1.96. The molecule has 0 aliphatic carbocycles. The van der Waals surface area contributed by atoms with E-state index in [1.165, 1.54) is 0 Å². The molecule has 3 heteroatoms. The van der Waals surface area contributed by atoms with E-state index >= 15 is 0 Å². The molecule has 3 N–H and O–H groups in total. The third kappa shape index (κ3) is 5.27. The molecule has 15 heavy (non-hydrogen) atoms. The lowest BCUT2D eigenvalue weighted by molar-refractivity contribution is 0.311. The summed E-state index contributed by atoms with van der Waals surface area (Å²) < 4.78 is 5.53. The number of nitrogen functional groups attached to an aromatic ring is 1. The Kier molecular flexibility index (Phi) is 4.98. The number of hydrogen-bond donors (Lipinski definition) is 2. The summed E-state index contributed by atoms with van der Waals surface area (Å²) in [6, 6.07) is 7.50. The molecule has 1 aromatic carbocycles. The molecule has 84 valence electrons. The van der Waals surface area contributed by atoms with Gasteiger partial charge in [0.1, 0.15) is 12.4 Å². The molecule has 3 nitrogen and oxygen atoms in total. The van der Waals surface area contributed by atoms with Crippen molar-refractivity contribution in [3.8, 4) is 5.75 Å². The van der Waals surface area contributed by atoms with Crippen LogP contribution in [0.15, 0.2) is 24.3 Å². The van der Waals surface area contributed by atoms with Gasteiger partial charge in [0.25, 0.3) is 0 Å². The molecule has 1 rings (SSSR count). The first-order valence-electron chi connectivity index (χ1n) is 5.37. The molecule has 1 aromatic rings. The normalized spacial score (nSPS) is 10.6. The van der Waals surface area contributed by atoms with Crippen molar-refractivity contribution in [1.29, 1.82) is 0 Å². The van der Waals surface area contributed by atoms with Gasteiger partial charge in [-0.05, 0) is 24.6 Å². The second kappa shape index (κ2) is 6.30. The van der Waals surface area contributed by atoms with Crippen LogP contribution in [0.25, 0.3) is 0 Å². The van der Waals surface area contributed by atoms with E-state index in [2.05, 4.69) is 19.2 Å². The van der Waals surface area contributed by atoms with Gasteiger partial charge < -0.3 is 15.8 Å². The second-order valence-electron chi connectivity index (χ2n) is 4.02. The van der Waals surface area contributed by atoms with E-state index in [0.29, 0.717) is 12.5 Å². The van der Waals surface area contributed by atoms with Crippen LogP contribution < -0.4 is 15.8 Å². The number of benzene rings is 1. The van der Waals surface area contributed by atoms with Gasteiger partial charge in [0, 0.05) is 18.3 Å². The SMILES string of the molecule is CC(C)CNCCOc1cccc(N)c1. The van der Waals surface area contributed by atoms with Crippen molar-refractivity contribution in [2.75, 3.05) is 25.4 Å². The van der Waals surface area contributed by atoms with E-state index in [4.69, 9.17) is 10.5 Å². The van der Waals surface area contributed by atoms with Crippen molar-refractivity contribution < 1.29 is 4.74 Å². The molecule has 0 bridgehead atoms. The van der Waals surface area contributed by atoms with E-state index in [1.54, 1.807) is 0 Å². The Morgan fingerprint density at radius 2 is 2.20 bits per heavy atom. The maximum atomic E-state index is 5.63. The van der Waals surface area contributed by atoms with Crippen molar-refractivity contribution in [2.45, 2.75) is 13.8 Å². The summed E-state index contributed by atoms with van der Waals surface area (Å²) >= 11 is 0. The van der Waals surface area contributed by atoms with Crippen molar-refractivity contribution in [2.24, 2.45) is 5.92 Å². The van der Waals surface area contributed by atoms with Crippen LogP contribution in [0.5, 0.6) is 5.75 Å². The first kappa shape index (κ1) is 11.9. The van der Waals surface area contributed by atoms with Crippen LogP contribution in [0.1, 0.15) is 13.8 Å². The number of ether oxygens (including phenoxy) is 1. The van der Waals surface area contributed by atoms with Crippen molar-refractivity contribution in [3.63, 3.8) is 0 Å². The van der Waals surface area contributed by atoms with Gasteiger partial charge in [-0.3, -0.25) is 0 Å². The smallest absolute Gasteiger partial charge is 0.121 e. The highest BCUT2D eigenvalue weighted by Gasteiger charge is 1.95. The van der Waals surface area contributed by atoms with Gasteiger partial charge in [0.05, 0.1) is 0 Å². The van der Waals surface area contributed by atoms with Crippen molar-refractivity contribution in [3.05, 3.63) is 24.3 Å². The average Bonchev–Trinajstić information content (AvgIpc) is 2.17. The monoisotopic (exact) mass is 208 g/mol. The van der Waals surface area contributed by atoms with E-state index in [-0.39, 0.29) is 0 Å². The highest BCUT2D eigenvalue weighted by atomic mass is 16.5. The lowest BCUT2D eigenvalue weighted by atomic mass is 10.2. The summed E-state index contributed by atoms with van der Waals surface area (Å²) in [5.41, 5.74) is 6.37. The molecule has 0 aliphatic heterocycles. The number of hydrogen-bond acceptors (Lipinski definition) is 3. The second-order valence-corrected chi connectivity index (χ2v) is 4.02. The Bertz CT molecular complexity index is 287. The molecule has 0 saturated heterocycles. The zero-order chi connectivity index (χ0) is 11.1. The Morgan fingerprint density at radius 3 is 2.87 bits per heavy atom. The van der Waals surface area contributed by atoms with Gasteiger partial charge in [-0.25, -0.2) is 0 Å². The van der Waals surface area contributed by atoms with E-state index in [1.807, 2.05) is 24.3 Å². The fraction of sp³-hybridized carbons (Fsp3) is 0.500. The summed E-state index contributed by atoms with van der Waals surface area (Å²) in [6.45, 7) is 6.95. The van der Waals surface area contributed by atoms with Crippen LogP contribution >= 0.6 is 0 Å². The van der Waals surface area contributed by atoms with E-state index in [0.717, 1.165) is 24.5 Å². The first-order valence-corrected chi connectivity index (χ1v) is 5.37. The maximum Gasteiger partial charge on any atom is 0.121 e. The van der Waals surface area contributed by atoms with Gasteiger partial charge in [-0.1, -0.05) is 19.9 Å². The van der Waals surface area contributed by atoms with Gasteiger partial charge in [0.15, 0.2) is 0 Å². The molecule has 0 atom stereocenters. The summed E-state index contributed by atoms with van der Waals surface area (Å²) in [7, 11) is 0. The fourth-order valence-electron chi connectivity index (χ4n) is 1.24. The minimum atomic E-state index is 0.677. The Balaban J connectivity index is 2.15. The summed E-state index contributed by atoms with van der Waals surface area (Å²) in [5.74, 6) is 1.51. The Labute approximate surface area is 91.6 Å². The van der Waals surface area contributed by atoms with Crippen LogP contribution in [0.2, 0.25) is 0 Å². The summed E-state index contributed by atoms with van der Waals surface area (Å²) in [4.78, 5) is 0. The molecular weight excluding hydrogens is 188 g/mol. The van der Waals surface area contributed by atoms with Gasteiger partial charge in [-0.2, -0.15) is 0 Å². The highest BCUT2D eigenvalue weighted by molar-refractivity contribution is 5.43. The van der Waals surface area contributed by atoms with Crippen molar-refractivity contribution in [1.82, 2.24) is 5.32 Å². The van der Waals surface area contributed by atoms with Crippen LogP contribution in [0.4, 0.5) is 5.69 Å². The quantitative estimate of drug-likeness (QED) is 0.554. The minimum Gasteiger partial charge on any atom is -0.492 e. The summed E-state index contributed by atoms with van der Waals surface area (Å²) in [6.07, 6.45) is 0. The van der Waals surface area contributed by atoms with Crippen LogP contribution in [-0.2, 0) is 0 Å². The fourth-order valence-corrected chi connectivity index (χ4v) is 1.24. The Morgan fingerprint density at radius 1 is 1.40 bits per heavy atom. The van der Waals surface area contributed by atoms with Crippen molar-refractivity contribution >= 4 is 5.69 Å². The third-order valence-electron chi connectivity index (χ3n) is 1.96. The average molecular weight is 208 g/mol. The number of nitrogens with two attached hydrogens (primary N) is 1. The molecule has 0 aliphatic rings. The maximum absolute atomic E-state index is 5.63. The number of anilines is 1. The van der Waals surface area contributed by atoms with Crippen LogP contribution in [0.3, 0.4) is 0 Å². The van der Waals surface area contributed by atoms with Gasteiger partial charge in [0.2, 0.25) is 0 Å². The van der Waals surface area contributed by atoms with Gasteiger partial charge >= 0.3 is 0 Å². The van der Waals surface area contributed by atoms with E-state index < -0.39 is 0 Å². The molecule has 0 amide bonds. The first-order chi connectivity index (χ1) is 7.18. The predicted octanol–water partition coefficient (Wildman–Crippen LogP) is 1.89. The molecule has 0 heterocycles. The molecule has 0 aromatic heterocycles.